The number of hydrogen-bond donors (Lipinski definition) is 1. The molecule has 0 fully saturated rings. The molecule has 0 aliphatic rings. The summed E-state index contributed by atoms with van der Waals surface area (Å²) in [5, 5.41) is 3.30. The summed E-state index contributed by atoms with van der Waals surface area (Å²) < 4.78 is 8.53. The van der Waals surface area contributed by atoms with Crippen molar-refractivity contribution in [3.63, 3.8) is 0 Å². The highest BCUT2D eigenvalue weighted by Gasteiger charge is 2.09. The van der Waals surface area contributed by atoms with Crippen molar-refractivity contribution in [3.8, 4) is 0 Å². The number of aromatic nitrogens is 1. The summed E-state index contributed by atoms with van der Waals surface area (Å²) in [7, 11) is 4.07. The summed E-state index contributed by atoms with van der Waals surface area (Å²) in [6, 6.07) is 5.98. The Bertz CT molecular complexity index is 652. The number of halogens is 2. The minimum atomic E-state index is 0. The molecule has 1 N–H and O–H groups in total. The Morgan fingerprint density at radius 1 is 1.54 bits per heavy atom. The first kappa shape index (κ1) is 20.8. The van der Waals surface area contributed by atoms with Crippen LogP contribution in [-0.2, 0) is 20.0 Å². The van der Waals surface area contributed by atoms with E-state index in [9.17, 15) is 0 Å². The molecule has 0 bridgehead atoms. The lowest BCUT2D eigenvalue weighted by molar-refractivity contribution is 0.461. The first-order valence-corrected chi connectivity index (χ1v) is 8.33. The van der Waals surface area contributed by atoms with Crippen molar-refractivity contribution in [1.82, 2.24) is 14.8 Å². The van der Waals surface area contributed by atoms with Crippen LogP contribution < -0.4 is 5.32 Å². The van der Waals surface area contributed by atoms with Crippen LogP contribution in [0.3, 0.4) is 0 Å². The summed E-state index contributed by atoms with van der Waals surface area (Å²) >= 11 is 3.51. The second kappa shape index (κ2) is 10.6. The second-order valence-corrected chi connectivity index (χ2v) is 6.24. The SMILES string of the molecule is C=CCNC(=NCCc1ccco1)N(C)Cc1cc(Br)cn1C.I. The van der Waals surface area contributed by atoms with Crippen molar-refractivity contribution >= 4 is 45.9 Å². The average Bonchev–Trinajstić information content (AvgIpc) is 3.12. The quantitative estimate of drug-likeness (QED) is 0.269. The lowest BCUT2D eigenvalue weighted by atomic mass is 10.3. The van der Waals surface area contributed by atoms with E-state index in [0.717, 1.165) is 29.2 Å². The molecule has 7 heteroatoms. The molecule has 0 aliphatic carbocycles. The van der Waals surface area contributed by atoms with Crippen LogP contribution in [-0.4, -0.2) is 35.6 Å². The molecule has 2 aromatic heterocycles. The minimum Gasteiger partial charge on any atom is -0.469 e. The van der Waals surface area contributed by atoms with Gasteiger partial charge in [-0.3, -0.25) is 4.99 Å². The first-order valence-electron chi connectivity index (χ1n) is 7.53. The van der Waals surface area contributed by atoms with Gasteiger partial charge in [0.05, 0.1) is 12.8 Å². The van der Waals surface area contributed by atoms with Gasteiger partial charge in [-0.2, -0.15) is 0 Å². The Labute approximate surface area is 169 Å². The van der Waals surface area contributed by atoms with Crippen LogP contribution in [0, 0.1) is 0 Å². The maximum Gasteiger partial charge on any atom is 0.194 e. The van der Waals surface area contributed by atoms with Gasteiger partial charge < -0.3 is 19.2 Å². The summed E-state index contributed by atoms with van der Waals surface area (Å²) in [4.78, 5) is 6.78. The van der Waals surface area contributed by atoms with Gasteiger partial charge >= 0.3 is 0 Å². The second-order valence-electron chi connectivity index (χ2n) is 5.32. The lowest BCUT2D eigenvalue weighted by Gasteiger charge is -2.22. The number of nitrogens with zero attached hydrogens (tertiary/aromatic N) is 3. The van der Waals surface area contributed by atoms with Crippen LogP contribution in [0.15, 0.2) is 57.2 Å². The molecule has 0 saturated heterocycles. The highest BCUT2D eigenvalue weighted by atomic mass is 127. The minimum absolute atomic E-state index is 0. The third-order valence-corrected chi connectivity index (χ3v) is 3.87. The van der Waals surface area contributed by atoms with E-state index in [0.29, 0.717) is 13.1 Å². The zero-order chi connectivity index (χ0) is 16.7. The first-order chi connectivity index (χ1) is 11.1. The number of rotatable bonds is 7. The molecule has 0 aromatic carbocycles. The van der Waals surface area contributed by atoms with E-state index in [1.165, 1.54) is 5.69 Å². The van der Waals surface area contributed by atoms with Crippen molar-refractivity contribution < 1.29 is 4.42 Å². The maximum atomic E-state index is 5.34. The molecule has 5 nitrogen and oxygen atoms in total. The molecule has 2 heterocycles. The van der Waals surface area contributed by atoms with Crippen molar-refractivity contribution in [1.29, 1.82) is 0 Å². The number of hydrogen-bond acceptors (Lipinski definition) is 2. The fraction of sp³-hybridized carbons (Fsp3) is 0.353. The fourth-order valence-corrected chi connectivity index (χ4v) is 2.81. The van der Waals surface area contributed by atoms with E-state index < -0.39 is 0 Å². The maximum absolute atomic E-state index is 5.34. The number of aliphatic imine (C=N–C) groups is 1. The topological polar surface area (TPSA) is 45.7 Å². The predicted octanol–water partition coefficient (Wildman–Crippen LogP) is 3.80. The molecule has 24 heavy (non-hydrogen) atoms. The molecule has 0 unspecified atom stereocenters. The van der Waals surface area contributed by atoms with Crippen LogP contribution in [0.25, 0.3) is 0 Å². The highest BCUT2D eigenvalue weighted by molar-refractivity contribution is 14.0. The number of nitrogens with one attached hydrogen (secondary N) is 1. The fourth-order valence-electron chi connectivity index (χ4n) is 2.24. The number of aryl methyl sites for hydroxylation is 1. The summed E-state index contributed by atoms with van der Waals surface area (Å²) in [6.45, 7) is 5.88. The van der Waals surface area contributed by atoms with E-state index in [1.807, 2.05) is 38.5 Å². The predicted molar refractivity (Wildman–Crippen MR) is 113 cm³/mol. The van der Waals surface area contributed by atoms with E-state index in [4.69, 9.17) is 4.42 Å². The average molecular weight is 507 g/mol. The van der Waals surface area contributed by atoms with E-state index >= 15 is 0 Å². The van der Waals surface area contributed by atoms with Crippen LogP contribution in [0.2, 0.25) is 0 Å². The molecule has 0 radical (unpaired) electrons. The van der Waals surface area contributed by atoms with E-state index in [1.54, 1.807) is 6.26 Å². The van der Waals surface area contributed by atoms with Gasteiger partial charge in [-0.1, -0.05) is 6.08 Å². The Morgan fingerprint density at radius 2 is 2.33 bits per heavy atom. The molecule has 2 rings (SSSR count). The monoisotopic (exact) mass is 506 g/mol. The molecule has 0 amide bonds. The van der Waals surface area contributed by atoms with E-state index in [-0.39, 0.29) is 24.0 Å². The van der Waals surface area contributed by atoms with E-state index in [2.05, 4.69) is 48.4 Å². The van der Waals surface area contributed by atoms with Gasteiger partial charge in [0.25, 0.3) is 0 Å². The molecule has 2 aromatic rings. The molecule has 0 aliphatic heterocycles. The largest absolute Gasteiger partial charge is 0.469 e. The van der Waals surface area contributed by atoms with Crippen LogP contribution in [0.4, 0.5) is 0 Å². The highest BCUT2D eigenvalue weighted by Crippen LogP contribution is 2.15. The summed E-state index contributed by atoms with van der Waals surface area (Å²) in [5.41, 5.74) is 1.21. The van der Waals surface area contributed by atoms with Gasteiger partial charge in [0.2, 0.25) is 0 Å². The third-order valence-electron chi connectivity index (χ3n) is 3.44. The molecule has 0 saturated carbocycles. The Kier molecular flexibility index (Phi) is 9.20. The number of guanidine groups is 1. The van der Waals surface area contributed by atoms with Crippen molar-refractivity contribution in [2.24, 2.45) is 12.0 Å². The van der Waals surface area contributed by atoms with Crippen molar-refractivity contribution in [3.05, 3.63) is 59.2 Å². The van der Waals surface area contributed by atoms with Gasteiger partial charge in [0, 0.05) is 50.0 Å². The molecule has 0 atom stereocenters. The Balaban J connectivity index is 0.00000288. The third kappa shape index (κ3) is 6.35. The van der Waals surface area contributed by atoms with Gasteiger partial charge in [0.1, 0.15) is 5.76 Å². The Morgan fingerprint density at radius 3 is 2.92 bits per heavy atom. The van der Waals surface area contributed by atoms with Gasteiger partial charge in [-0.15, -0.1) is 30.6 Å². The number of furan rings is 1. The van der Waals surface area contributed by atoms with Gasteiger partial charge in [0.15, 0.2) is 5.96 Å². The Hall–Kier alpha value is -1.22. The standard InChI is InChI=1S/C17H23BrN4O.HI/c1-4-8-19-17(20-9-7-16-6-5-10-23-16)22(3)13-15-11-14(18)12-21(15)2;/h4-6,10-12H,1,7-9,13H2,2-3H3,(H,19,20);1H. The van der Waals surface area contributed by atoms with Crippen LogP contribution in [0.5, 0.6) is 0 Å². The smallest absolute Gasteiger partial charge is 0.194 e. The van der Waals surface area contributed by atoms with Crippen LogP contribution >= 0.6 is 39.9 Å². The summed E-state index contributed by atoms with van der Waals surface area (Å²) in [5.74, 6) is 1.81. The van der Waals surface area contributed by atoms with Gasteiger partial charge in [-0.05, 0) is 34.1 Å². The van der Waals surface area contributed by atoms with Crippen molar-refractivity contribution in [2.45, 2.75) is 13.0 Å². The normalized spacial score (nSPS) is 11.0. The molecule has 132 valence electrons. The summed E-state index contributed by atoms with van der Waals surface area (Å²) in [6.07, 6.45) is 6.36. The zero-order valence-electron chi connectivity index (χ0n) is 14.0. The van der Waals surface area contributed by atoms with Crippen LogP contribution in [0.1, 0.15) is 11.5 Å². The van der Waals surface area contributed by atoms with Crippen molar-refractivity contribution in [2.75, 3.05) is 20.1 Å². The molecular formula is C17H24BrIN4O. The molecular weight excluding hydrogens is 483 g/mol. The molecule has 0 spiro atoms. The lowest BCUT2D eigenvalue weighted by Crippen LogP contribution is -2.39. The van der Waals surface area contributed by atoms with Gasteiger partial charge in [-0.25, -0.2) is 0 Å². The zero-order valence-corrected chi connectivity index (χ0v) is 18.0.